The van der Waals surface area contributed by atoms with E-state index in [1.807, 2.05) is 0 Å². The number of rotatable bonds is 6. The van der Waals surface area contributed by atoms with Crippen LogP contribution in [-0.4, -0.2) is 39.2 Å². The Morgan fingerprint density at radius 3 is 0.947 bits per heavy atom. The van der Waals surface area contributed by atoms with Crippen molar-refractivity contribution in [2.45, 2.75) is 14.7 Å². The molecule has 0 unspecified atom stereocenters. The molecule has 0 saturated heterocycles. The average molecular weight is 582 g/mol. The van der Waals surface area contributed by atoms with Gasteiger partial charge in [-0.05, 0) is 36.4 Å². The van der Waals surface area contributed by atoms with Crippen LogP contribution in [0.1, 0.15) is 31.1 Å². The summed E-state index contributed by atoms with van der Waals surface area (Å²) in [6.45, 7) is 0. The van der Waals surface area contributed by atoms with Crippen LogP contribution in [0.4, 0.5) is 25.2 Å². The van der Waals surface area contributed by atoms with E-state index < -0.39 is 36.6 Å². The normalized spacial score (nSPS) is 12.8. The first-order valence-electron chi connectivity index (χ1n) is 10.3. The summed E-state index contributed by atoms with van der Waals surface area (Å²) < 4.78 is 74.1. The van der Waals surface area contributed by atoms with Crippen molar-refractivity contribution < 1.29 is 53.8 Å². The summed E-state index contributed by atoms with van der Waals surface area (Å²) in [7, 11) is -7.75. The van der Waals surface area contributed by atoms with E-state index in [1.54, 1.807) is 72.8 Å². The van der Waals surface area contributed by atoms with Crippen molar-refractivity contribution in [3.63, 3.8) is 0 Å². The van der Waals surface area contributed by atoms with E-state index >= 15 is 0 Å². The fraction of sp³-hybridized carbons (Fsp3) is 0.125. The standard InChI is InChI=1S/C24H21O6S.F6P/c1-28-22(25)16-10-4-7-13-19(16)31(20-14-8-5-11-17(20)23(26)29-2)21-15-9-6-12-18(21)24(27)30-3;1-7(2,3,4,5)6/h4-15H,1-3H3;/q+1;-1. The summed E-state index contributed by atoms with van der Waals surface area (Å²) in [6.07, 6.45) is 0. The van der Waals surface area contributed by atoms with Crippen molar-refractivity contribution in [1.82, 2.24) is 0 Å². The van der Waals surface area contributed by atoms with Crippen molar-refractivity contribution in [1.29, 1.82) is 0 Å². The Labute approximate surface area is 216 Å². The predicted octanol–water partition coefficient (Wildman–Crippen LogP) is 7.52. The third kappa shape index (κ3) is 9.07. The minimum absolute atomic E-state index is 0.340. The van der Waals surface area contributed by atoms with Crippen molar-refractivity contribution in [3.05, 3.63) is 89.5 Å². The molecule has 0 bridgehead atoms. The molecular formula is C24H21F6O6PS. The third-order valence-corrected chi connectivity index (χ3v) is 6.92. The van der Waals surface area contributed by atoms with E-state index in [2.05, 4.69) is 0 Å². The zero-order valence-corrected chi connectivity index (χ0v) is 21.7. The number of halogens is 6. The quantitative estimate of drug-likeness (QED) is 0.0984. The zero-order chi connectivity index (χ0) is 28.8. The van der Waals surface area contributed by atoms with E-state index in [4.69, 9.17) is 14.2 Å². The molecule has 0 aliphatic heterocycles. The Bertz CT molecular complexity index is 1200. The van der Waals surface area contributed by atoms with E-state index in [0.29, 0.717) is 31.4 Å². The van der Waals surface area contributed by atoms with Crippen LogP contribution < -0.4 is 0 Å². The molecular weight excluding hydrogens is 561 g/mol. The van der Waals surface area contributed by atoms with Gasteiger partial charge in [0, 0.05) is 0 Å². The fourth-order valence-corrected chi connectivity index (χ4v) is 5.59. The maximum absolute atomic E-state index is 12.6. The fourth-order valence-electron chi connectivity index (χ4n) is 3.13. The van der Waals surface area contributed by atoms with Gasteiger partial charge in [0.15, 0.2) is 14.7 Å². The van der Waals surface area contributed by atoms with Gasteiger partial charge in [-0.3, -0.25) is 0 Å². The van der Waals surface area contributed by atoms with Crippen LogP contribution in [0.2, 0.25) is 0 Å². The van der Waals surface area contributed by atoms with Crippen molar-refractivity contribution >= 4 is 36.6 Å². The van der Waals surface area contributed by atoms with Crippen LogP contribution in [0.15, 0.2) is 87.5 Å². The second kappa shape index (κ2) is 11.0. The van der Waals surface area contributed by atoms with Gasteiger partial charge in [0.05, 0.1) is 21.3 Å². The molecule has 3 rings (SSSR count). The van der Waals surface area contributed by atoms with Gasteiger partial charge in [0.1, 0.15) is 27.6 Å². The molecule has 38 heavy (non-hydrogen) atoms. The number of benzene rings is 3. The van der Waals surface area contributed by atoms with Gasteiger partial charge in [-0.15, -0.1) is 0 Å². The third-order valence-electron chi connectivity index (χ3n) is 4.54. The molecule has 14 heteroatoms. The number of carbonyl (C=O) groups is 3. The number of methoxy groups -OCH3 is 3. The molecule has 0 aromatic heterocycles. The summed E-state index contributed by atoms with van der Waals surface area (Å²) in [4.78, 5) is 39.5. The number of ether oxygens (including phenoxy) is 3. The van der Waals surface area contributed by atoms with Crippen LogP contribution in [0.25, 0.3) is 0 Å². The topological polar surface area (TPSA) is 78.9 Å². The summed E-state index contributed by atoms with van der Waals surface area (Å²) in [5.41, 5.74) is 1.02. The first kappa shape index (κ1) is 30.7. The van der Waals surface area contributed by atoms with E-state index in [1.165, 1.54) is 21.3 Å². The summed E-state index contributed by atoms with van der Waals surface area (Å²) in [5.74, 6) is -1.54. The van der Waals surface area contributed by atoms with E-state index in [0.717, 1.165) is 0 Å². The van der Waals surface area contributed by atoms with Crippen LogP contribution in [0, 0.1) is 0 Å². The molecule has 3 aromatic carbocycles. The molecule has 0 fully saturated rings. The van der Waals surface area contributed by atoms with Gasteiger partial charge in [0.2, 0.25) is 0 Å². The molecule has 0 heterocycles. The average Bonchev–Trinajstić information content (AvgIpc) is 2.86. The molecule has 206 valence electrons. The Hall–Kier alpha value is -3.57. The predicted molar refractivity (Wildman–Crippen MR) is 129 cm³/mol. The van der Waals surface area contributed by atoms with Crippen LogP contribution >= 0.6 is 7.81 Å². The minimum atomic E-state index is -10.7. The first-order chi connectivity index (χ1) is 17.5. The molecule has 0 atom stereocenters. The Kier molecular flexibility index (Phi) is 8.91. The number of hydrogen-bond acceptors (Lipinski definition) is 6. The Balaban J connectivity index is 0.000000638. The number of hydrogen-bond donors (Lipinski definition) is 0. The molecule has 0 radical (unpaired) electrons. The molecule has 0 amide bonds. The van der Waals surface area contributed by atoms with Crippen LogP contribution in [-0.2, 0) is 25.1 Å². The van der Waals surface area contributed by atoms with E-state index in [-0.39, 0.29) is 0 Å². The zero-order valence-electron chi connectivity index (χ0n) is 20.0. The van der Waals surface area contributed by atoms with Crippen molar-refractivity contribution in [3.8, 4) is 0 Å². The van der Waals surface area contributed by atoms with Crippen LogP contribution in [0.3, 0.4) is 0 Å². The van der Waals surface area contributed by atoms with Gasteiger partial charge >= 0.3 is 50.9 Å². The molecule has 0 saturated carbocycles. The second-order valence-electron chi connectivity index (χ2n) is 7.23. The maximum atomic E-state index is 12.6. The van der Waals surface area contributed by atoms with Gasteiger partial charge < -0.3 is 14.2 Å². The van der Waals surface area contributed by atoms with Crippen molar-refractivity contribution in [2.75, 3.05) is 21.3 Å². The van der Waals surface area contributed by atoms with Crippen molar-refractivity contribution in [2.24, 2.45) is 0 Å². The Morgan fingerprint density at radius 1 is 0.526 bits per heavy atom. The summed E-state index contributed by atoms with van der Waals surface area (Å²) >= 11 is 0. The monoisotopic (exact) mass is 582 g/mol. The van der Waals surface area contributed by atoms with Gasteiger partial charge in [-0.1, -0.05) is 36.4 Å². The molecule has 0 N–H and O–H groups in total. The molecule has 0 aliphatic carbocycles. The summed E-state index contributed by atoms with van der Waals surface area (Å²) in [5, 5.41) is 0. The van der Waals surface area contributed by atoms with Gasteiger partial charge in [-0.25, -0.2) is 14.4 Å². The number of esters is 3. The number of carbonyl (C=O) groups excluding carboxylic acids is 3. The van der Waals surface area contributed by atoms with E-state index in [9.17, 15) is 39.6 Å². The molecule has 0 aliphatic rings. The molecule has 6 nitrogen and oxygen atoms in total. The van der Waals surface area contributed by atoms with Gasteiger partial charge in [0.25, 0.3) is 0 Å². The summed E-state index contributed by atoms with van der Waals surface area (Å²) in [6, 6.07) is 20.9. The Morgan fingerprint density at radius 2 is 0.737 bits per heavy atom. The van der Waals surface area contributed by atoms with Gasteiger partial charge in [-0.2, -0.15) is 0 Å². The molecule has 0 spiro atoms. The first-order valence-corrected chi connectivity index (χ1v) is 13.6. The molecule has 3 aromatic rings. The second-order valence-corrected chi connectivity index (χ2v) is 11.1. The SMILES string of the molecule is COC(=O)c1ccccc1[S+](c1ccccc1C(=O)OC)c1ccccc1C(=O)OC.F[P-](F)(F)(F)(F)F. The van der Waals surface area contributed by atoms with Crippen LogP contribution in [0.5, 0.6) is 0 Å².